The number of aliphatic hydroxyl groups is 1. The van der Waals surface area contributed by atoms with Crippen LogP contribution in [0, 0.1) is 6.92 Å². The zero-order valence-electron chi connectivity index (χ0n) is 15.6. The fourth-order valence-electron chi connectivity index (χ4n) is 3.39. The van der Waals surface area contributed by atoms with E-state index >= 15 is 0 Å². The van der Waals surface area contributed by atoms with Crippen LogP contribution in [0.2, 0.25) is 0 Å². The first-order valence-electron chi connectivity index (χ1n) is 9.10. The summed E-state index contributed by atoms with van der Waals surface area (Å²) in [6.45, 7) is 2.35. The van der Waals surface area contributed by atoms with Crippen molar-refractivity contribution in [1.82, 2.24) is 15.0 Å². The first-order chi connectivity index (χ1) is 13.8. The number of aromatic nitrogens is 3. The van der Waals surface area contributed by atoms with Crippen molar-refractivity contribution in [2.45, 2.75) is 25.1 Å². The molecule has 152 valence electrons. The lowest BCUT2D eigenvalue weighted by Crippen LogP contribution is -2.37. The topological polar surface area (TPSA) is 80.2 Å². The molecule has 29 heavy (non-hydrogen) atoms. The molecular weight excluding hydrogens is 385 g/mol. The lowest BCUT2D eigenvalue weighted by Gasteiger charge is -2.21. The zero-order valence-corrected chi connectivity index (χ0v) is 15.6. The molecule has 0 spiro atoms. The summed E-state index contributed by atoms with van der Waals surface area (Å²) in [5.74, 6) is 0.529. The second-order valence-electron chi connectivity index (χ2n) is 7.13. The Kier molecular flexibility index (Phi) is 4.87. The van der Waals surface area contributed by atoms with Crippen LogP contribution in [0.3, 0.4) is 0 Å². The third kappa shape index (κ3) is 3.88. The van der Waals surface area contributed by atoms with Crippen molar-refractivity contribution in [2.24, 2.45) is 0 Å². The largest absolute Gasteiger partial charge is 0.418 e. The van der Waals surface area contributed by atoms with Crippen LogP contribution >= 0.6 is 0 Å². The van der Waals surface area contributed by atoms with Gasteiger partial charge in [-0.25, -0.2) is 4.98 Å². The Morgan fingerprint density at radius 2 is 2.07 bits per heavy atom. The number of halogens is 3. The van der Waals surface area contributed by atoms with Crippen LogP contribution < -0.4 is 5.32 Å². The molecule has 0 aromatic carbocycles. The predicted molar refractivity (Wildman–Crippen MR) is 101 cm³/mol. The number of pyridine rings is 3. The summed E-state index contributed by atoms with van der Waals surface area (Å²) in [6.07, 6.45) is -0.790. The van der Waals surface area contributed by atoms with Gasteiger partial charge in [0.05, 0.1) is 29.1 Å². The van der Waals surface area contributed by atoms with E-state index in [1.165, 1.54) is 19.2 Å². The molecule has 0 bridgehead atoms. The normalized spacial score (nSPS) is 19.6. The number of alkyl halides is 3. The smallest absolute Gasteiger partial charge is 0.386 e. The van der Waals surface area contributed by atoms with E-state index in [4.69, 9.17) is 4.74 Å². The summed E-state index contributed by atoms with van der Waals surface area (Å²) in [5, 5.41) is 14.3. The number of aryl methyl sites for hydroxylation is 1. The maximum atomic E-state index is 13.0. The van der Waals surface area contributed by atoms with Gasteiger partial charge in [-0.3, -0.25) is 9.97 Å². The van der Waals surface area contributed by atoms with Crippen LogP contribution in [0.5, 0.6) is 0 Å². The molecule has 1 atom stereocenters. The molecule has 0 unspecified atom stereocenters. The van der Waals surface area contributed by atoms with E-state index in [0.717, 1.165) is 6.07 Å². The summed E-state index contributed by atoms with van der Waals surface area (Å²) in [7, 11) is 0. The van der Waals surface area contributed by atoms with E-state index in [0.29, 0.717) is 41.0 Å². The molecule has 4 rings (SSSR count). The Labute approximate surface area is 164 Å². The third-order valence-corrected chi connectivity index (χ3v) is 4.98. The van der Waals surface area contributed by atoms with E-state index in [9.17, 15) is 18.3 Å². The number of anilines is 1. The first kappa shape index (κ1) is 19.5. The van der Waals surface area contributed by atoms with Crippen LogP contribution in [-0.4, -0.2) is 45.4 Å². The SMILES string of the molecule is Cc1nc(-c2cnc(NC[C@@]3(O)CCOC3)c3cccnc23)ccc1C(F)(F)F. The average Bonchev–Trinajstić information content (AvgIpc) is 3.12. The highest BCUT2D eigenvalue weighted by molar-refractivity contribution is 5.98. The minimum Gasteiger partial charge on any atom is -0.386 e. The summed E-state index contributed by atoms with van der Waals surface area (Å²) in [6, 6.07) is 5.91. The zero-order chi connectivity index (χ0) is 20.6. The van der Waals surface area contributed by atoms with Gasteiger partial charge in [0.25, 0.3) is 0 Å². The minimum absolute atomic E-state index is 0.107. The fourth-order valence-corrected chi connectivity index (χ4v) is 3.39. The number of rotatable bonds is 4. The Morgan fingerprint density at radius 3 is 2.76 bits per heavy atom. The highest BCUT2D eigenvalue weighted by Gasteiger charge is 2.33. The highest BCUT2D eigenvalue weighted by Crippen LogP contribution is 2.34. The molecule has 0 amide bonds. The van der Waals surface area contributed by atoms with Gasteiger partial charge in [0.1, 0.15) is 11.4 Å². The summed E-state index contributed by atoms with van der Waals surface area (Å²) in [5.41, 5.74) is -0.374. The molecule has 1 aliphatic heterocycles. The molecule has 0 radical (unpaired) electrons. The van der Waals surface area contributed by atoms with E-state index in [-0.39, 0.29) is 18.8 Å². The average molecular weight is 404 g/mol. The maximum Gasteiger partial charge on any atom is 0.418 e. The number of nitrogens with zero attached hydrogens (tertiary/aromatic N) is 3. The minimum atomic E-state index is -4.45. The van der Waals surface area contributed by atoms with Gasteiger partial charge < -0.3 is 15.2 Å². The van der Waals surface area contributed by atoms with E-state index < -0.39 is 17.3 Å². The van der Waals surface area contributed by atoms with Crippen molar-refractivity contribution < 1.29 is 23.0 Å². The fraction of sp³-hybridized carbons (Fsp3) is 0.350. The Morgan fingerprint density at radius 1 is 1.24 bits per heavy atom. The van der Waals surface area contributed by atoms with Crippen molar-refractivity contribution >= 4 is 16.7 Å². The highest BCUT2D eigenvalue weighted by atomic mass is 19.4. The van der Waals surface area contributed by atoms with Crippen molar-refractivity contribution in [2.75, 3.05) is 25.1 Å². The molecule has 1 saturated heterocycles. The molecule has 3 aromatic rings. The van der Waals surface area contributed by atoms with Crippen LogP contribution in [0.15, 0.2) is 36.7 Å². The van der Waals surface area contributed by atoms with Gasteiger partial charge in [-0.15, -0.1) is 0 Å². The monoisotopic (exact) mass is 404 g/mol. The molecule has 1 aliphatic rings. The molecule has 2 N–H and O–H groups in total. The number of hydrogen-bond donors (Lipinski definition) is 2. The van der Waals surface area contributed by atoms with Crippen molar-refractivity contribution in [1.29, 1.82) is 0 Å². The summed E-state index contributed by atoms with van der Waals surface area (Å²) < 4.78 is 44.3. The second kappa shape index (κ2) is 7.23. The molecule has 4 heterocycles. The summed E-state index contributed by atoms with van der Waals surface area (Å²) >= 11 is 0. The van der Waals surface area contributed by atoms with E-state index in [2.05, 4.69) is 20.3 Å². The molecular formula is C20H19F3N4O2. The predicted octanol–water partition coefficient (Wildman–Crippen LogP) is 3.58. The van der Waals surface area contributed by atoms with Gasteiger partial charge in [-0.2, -0.15) is 13.2 Å². The molecule has 0 aliphatic carbocycles. The molecule has 9 heteroatoms. The van der Waals surface area contributed by atoms with E-state index in [1.54, 1.807) is 12.3 Å². The summed E-state index contributed by atoms with van der Waals surface area (Å²) in [4.78, 5) is 12.9. The number of hydrogen-bond acceptors (Lipinski definition) is 6. The molecule has 0 saturated carbocycles. The lowest BCUT2D eigenvalue weighted by molar-refractivity contribution is -0.138. The van der Waals surface area contributed by atoms with Crippen LogP contribution in [-0.2, 0) is 10.9 Å². The van der Waals surface area contributed by atoms with Crippen molar-refractivity contribution in [3.8, 4) is 11.3 Å². The van der Waals surface area contributed by atoms with Gasteiger partial charge in [-0.1, -0.05) is 0 Å². The van der Waals surface area contributed by atoms with Gasteiger partial charge in [-0.05, 0) is 31.2 Å². The van der Waals surface area contributed by atoms with Crippen molar-refractivity contribution in [3.05, 3.63) is 47.9 Å². The van der Waals surface area contributed by atoms with Crippen LogP contribution in [0.25, 0.3) is 22.2 Å². The Balaban J connectivity index is 1.71. The quantitative estimate of drug-likeness (QED) is 0.692. The number of ether oxygens (including phenoxy) is 1. The molecule has 6 nitrogen and oxygen atoms in total. The third-order valence-electron chi connectivity index (χ3n) is 4.98. The molecule has 3 aromatic heterocycles. The number of fused-ring (bicyclic) bond motifs is 1. The van der Waals surface area contributed by atoms with Gasteiger partial charge in [0, 0.05) is 42.9 Å². The van der Waals surface area contributed by atoms with Crippen LogP contribution in [0.1, 0.15) is 17.7 Å². The Bertz CT molecular complexity index is 1050. The molecule has 1 fully saturated rings. The Hall–Kier alpha value is -2.78. The van der Waals surface area contributed by atoms with Gasteiger partial charge >= 0.3 is 6.18 Å². The maximum absolute atomic E-state index is 13.0. The number of nitrogens with one attached hydrogen (secondary N) is 1. The van der Waals surface area contributed by atoms with Crippen molar-refractivity contribution in [3.63, 3.8) is 0 Å². The lowest BCUT2D eigenvalue weighted by atomic mass is 10.0. The van der Waals surface area contributed by atoms with Gasteiger partial charge in [0.2, 0.25) is 0 Å². The standard InChI is InChI=1S/C20H19F3N4O2/c1-12-15(20(21,22)23)4-5-16(27-12)14-9-25-18(13-3-2-7-24-17(13)14)26-10-19(28)6-8-29-11-19/h2-5,7,9,28H,6,8,10-11H2,1H3,(H,25,26)/t19-/m0/s1. The first-order valence-corrected chi connectivity index (χ1v) is 9.10. The second-order valence-corrected chi connectivity index (χ2v) is 7.13. The van der Waals surface area contributed by atoms with Gasteiger partial charge in [0.15, 0.2) is 0 Å². The van der Waals surface area contributed by atoms with Crippen LogP contribution in [0.4, 0.5) is 19.0 Å². The van der Waals surface area contributed by atoms with E-state index in [1.807, 2.05) is 6.07 Å².